The zero-order valence-electron chi connectivity index (χ0n) is 15.9. The Labute approximate surface area is 164 Å². The molecule has 1 saturated carbocycles. The molecule has 1 aliphatic rings. The van der Waals surface area contributed by atoms with Gasteiger partial charge in [0.25, 0.3) is 5.91 Å². The number of carbonyl (C=O) groups is 1. The highest BCUT2D eigenvalue weighted by molar-refractivity contribution is 5.92. The molecular weight excluding hydrogens is 352 g/mol. The van der Waals surface area contributed by atoms with Crippen molar-refractivity contribution in [2.24, 2.45) is 5.92 Å². The summed E-state index contributed by atoms with van der Waals surface area (Å²) in [5.74, 6) is 0.174. The lowest BCUT2D eigenvalue weighted by Crippen LogP contribution is -2.45. The summed E-state index contributed by atoms with van der Waals surface area (Å²) in [5.41, 5.74) is 4.79. The molecule has 0 bridgehead atoms. The van der Waals surface area contributed by atoms with E-state index in [2.05, 4.69) is 27.5 Å². The molecule has 2 heterocycles. The molecule has 4 rings (SSSR count). The predicted molar refractivity (Wildman–Crippen MR) is 106 cm³/mol. The van der Waals surface area contributed by atoms with Gasteiger partial charge in [0, 0.05) is 31.2 Å². The average Bonchev–Trinajstić information content (AvgIpc) is 3.21. The van der Waals surface area contributed by atoms with Crippen LogP contribution in [0.1, 0.15) is 40.0 Å². The van der Waals surface area contributed by atoms with Crippen molar-refractivity contribution in [3.63, 3.8) is 0 Å². The molecule has 0 atom stereocenters. The van der Waals surface area contributed by atoms with Gasteiger partial charge >= 0.3 is 0 Å². The number of aliphatic hydroxyl groups excluding tert-OH is 1. The molecular formula is C22H24N4O2. The first-order valence-corrected chi connectivity index (χ1v) is 9.58. The largest absolute Gasteiger partial charge is 0.396 e. The number of aliphatic hydroxyl groups is 1. The number of nitrogens with one attached hydrogen (secondary N) is 1. The van der Waals surface area contributed by atoms with Gasteiger partial charge in [0.15, 0.2) is 0 Å². The third-order valence-corrected chi connectivity index (χ3v) is 5.38. The van der Waals surface area contributed by atoms with E-state index in [-0.39, 0.29) is 18.6 Å². The van der Waals surface area contributed by atoms with Crippen molar-refractivity contribution in [2.45, 2.75) is 32.2 Å². The molecule has 1 aliphatic carbocycles. The maximum atomic E-state index is 12.5. The first-order valence-electron chi connectivity index (χ1n) is 9.58. The van der Waals surface area contributed by atoms with E-state index in [1.54, 1.807) is 12.4 Å². The molecule has 0 aliphatic heterocycles. The maximum Gasteiger partial charge on any atom is 0.270 e. The third kappa shape index (κ3) is 3.97. The van der Waals surface area contributed by atoms with E-state index in [0.29, 0.717) is 11.6 Å². The Kier molecular flexibility index (Phi) is 5.21. The predicted octanol–water partition coefficient (Wildman–Crippen LogP) is 2.67. The van der Waals surface area contributed by atoms with Crippen LogP contribution in [0.15, 0.2) is 55.0 Å². The van der Waals surface area contributed by atoms with Crippen LogP contribution in [0.4, 0.5) is 0 Å². The fraction of sp³-hybridized carbons (Fsp3) is 0.318. The van der Waals surface area contributed by atoms with Gasteiger partial charge in [-0.15, -0.1) is 0 Å². The molecule has 6 nitrogen and oxygen atoms in total. The van der Waals surface area contributed by atoms with Crippen LogP contribution in [0, 0.1) is 12.8 Å². The number of hydrogen-bond donors (Lipinski definition) is 2. The normalized spacial score (nSPS) is 18.5. The lowest BCUT2D eigenvalue weighted by molar-refractivity contribution is 0.0827. The van der Waals surface area contributed by atoms with E-state index >= 15 is 0 Å². The minimum atomic E-state index is -0.142. The molecule has 0 unspecified atom stereocenters. The van der Waals surface area contributed by atoms with Crippen molar-refractivity contribution >= 4 is 5.91 Å². The number of carbonyl (C=O) groups excluding carboxylic acids is 1. The second-order valence-electron chi connectivity index (χ2n) is 7.48. The van der Waals surface area contributed by atoms with E-state index in [0.717, 1.165) is 36.1 Å². The third-order valence-electron chi connectivity index (χ3n) is 5.38. The molecule has 6 heteroatoms. The van der Waals surface area contributed by atoms with E-state index in [1.165, 1.54) is 5.56 Å². The molecule has 144 valence electrons. The van der Waals surface area contributed by atoms with E-state index < -0.39 is 0 Å². The standard InChI is InChI=1S/C22H24N4O2/c1-15-13-23-21(22(28)25-19-10-17(11-19)14-27)12-18(15)9-16-3-5-20(6-4-16)26-8-2-7-24-26/h2-8,12-13,17,19,27H,9-11,14H2,1H3,(H,25,28)/t17-,19-. The Balaban J connectivity index is 1.44. The van der Waals surface area contributed by atoms with E-state index in [4.69, 9.17) is 5.11 Å². The van der Waals surface area contributed by atoms with Crippen LogP contribution in [-0.4, -0.2) is 38.4 Å². The molecule has 28 heavy (non-hydrogen) atoms. The highest BCUT2D eigenvalue weighted by Crippen LogP contribution is 2.26. The zero-order valence-corrected chi connectivity index (χ0v) is 15.9. The molecule has 2 N–H and O–H groups in total. The van der Waals surface area contributed by atoms with Gasteiger partial charge in [-0.3, -0.25) is 9.78 Å². The smallest absolute Gasteiger partial charge is 0.270 e. The van der Waals surface area contributed by atoms with Gasteiger partial charge in [-0.2, -0.15) is 5.10 Å². The van der Waals surface area contributed by atoms with Crippen LogP contribution in [0.5, 0.6) is 0 Å². The second kappa shape index (κ2) is 7.94. The van der Waals surface area contributed by atoms with Gasteiger partial charge in [-0.25, -0.2) is 4.68 Å². The maximum absolute atomic E-state index is 12.5. The Bertz CT molecular complexity index is 945. The van der Waals surface area contributed by atoms with Gasteiger partial charge < -0.3 is 10.4 Å². The summed E-state index contributed by atoms with van der Waals surface area (Å²) >= 11 is 0. The summed E-state index contributed by atoms with van der Waals surface area (Å²) in [7, 11) is 0. The number of hydrogen-bond acceptors (Lipinski definition) is 4. The second-order valence-corrected chi connectivity index (χ2v) is 7.48. The lowest BCUT2D eigenvalue weighted by Gasteiger charge is -2.34. The van der Waals surface area contributed by atoms with Gasteiger partial charge in [-0.05, 0) is 73.1 Å². The van der Waals surface area contributed by atoms with Crippen molar-refractivity contribution in [3.05, 3.63) is 77.4 Å². The summed E-state index contributed by atoms with van der Waals surface area (Å²) in [6.07, 6.45) is 7.85. The number of benzene rings is 1. The number of rotatable bonds is 6. The van der Waals surface area contributed by atoms with Gasteiger partial charge in [0.2, 0.25) is 0 Å². The summed E-state index contributed by atoms with van der Waals surface area (Å²) in [4.78, 5) is 16.8. The van der Waals surface area contributed by atoms with Crippen LogP contribution >= 0.6 is 0 Å². The topological polar surface area (TPSA) is 80.0 Å². The van der Waals surface area contributed by atoms with Crippen molar-refractivity contribution in [1.82, 2.24) is 20.1 Å². The van der Waals surface area contributed by atoms with Gasteiger partial charge in [0.05, 0.1) is 5.69 Å². The Morgan fingerprint density at radius 2 is 2.07 bits per heavy atom. The van der Waals surface area contributed by atoms with E-state index in [9.17, 15) is 4.79 Å². The first-order chi connectivity index (χ1) is 13.6. The van der Waals surface area contributed by atoms with Crippen LogP contribution in [0.2, 0.25) is 0 Å². The number of amides is 1. The average molecular weight is 376 g/mol. The quantitative estimate of drug-likeness (QED) is 0.693. The van der Waals surface area contributed by atoms with Crippen LogP contribution in [0.25, 0.3) is 5.69 Å². The van der Waals surface area contributed by atoms with Crippen LogP contribution in [-0.2, 0) is 6.42 Å². The summed E-state index contributed by atoms with van der Waals surface area (Å²) in [6.45, 7) is 2.21. The van der Waals surface area contributed by atoms with Gasteiger partial charge in [-0.1, -0.05) is 12.1 Å². The lowest BCUT2D eigenvalue weighted by atomic mass is 9.81. The Morgan fingerprint density at radius 3 is 2.75 bits per heavy atom. The SMILES string of the molecule is Cc1cnc(C(=O)N[C@H]2C[C@H](CO)C2)cc1Cc1ccc(-n2cccn2)cc1. The highest BCUT2D eigenvalue weighted by atomic mass is 16.3. The van der Waals surface area contributed by atoms with Crippen molar-refractivity contribution in [1.29, 1.82) is 0 Å². The first kappa shape index (κ1) is 18.4. The summed E-state index contributed by atoms with van der Waals surface area (Å²) in [6, 6.07) is 12.2. The van der Waals surface area contributed by atoms with Crippen LogP contribution in [0.3, 0.4) is 0 Å². The zero-order chi connectivity index (χ0) is 19.5. The number of aryl methyl sites for hydroxylation is 1. The number of aromatic nitrogens is 3. The molecule has 3 aromatic rings. The van der Waals surface area contributed by atoms with Crippen molar-refractivity contribution in [3.8, 4) is 5.69 Å². The molecule has 0 saturated heterocycles. The fourth-order valence-electron chi connectivity index (χ4n) is 3.55. The minimum absolute atomic E-state index is 0.142. The molecule has 2 aromatic heterocycles. The highest BCUT2D eigenvalue weighted by Gasteiger charge is 2.30. The van der Waals surface area contributed by atoms with Gasteiger partial charge in [0.1, 0.15) is 5.69 Å². The van der Waals surface area contributed by atoms with Crippen molar-refractivity contribution < 1.29 is 9.90 Å². The van der Waals surface area contributed by atoms with Crippen molar-refractivity contribution in [2.75, 3.05) is 6.61 Å². The number of pyridine rings is 1. The number of nitrogens with zero attached hydrogens (tertiary/aromatic N) is 3. The molecule has 0 spiro atoms. The monoisotopic (exact) mass is 376 g/mol. The fourth-order valence-corrected chi connectivity index (χ4v) is 3.55. The van der Waals surface area contributed by atoms with Crippen LogP contribution < -0.4 is 5.32 Å². The molecule has 1 aromatic carbocycles. The Morgan fingerprint density at radius 1 is 1.29 bits per heavy atom. The molecule has 1 fully saturated rings. The summed E-state index contributed by atoms with van der Waals surface area (Å²) in [5, 5.41) is 16.4. The Hall–Kier alpha value is -2.99. The summed E-state index contributed by atoms with van der Waals surface area (Å²) < 4.78 is 1.83. The minimum Gasteiger partial charge on any atom is -0.396 e. The molecule has 0 radical (unpaired) electrons. The van der Waals surface area contributed by atoms with E-state index in [1.807, 2.05) is 42.1 Å². The molecule has 1 amide bonds.